The first kappa shape index (κ1) is 11.2. The summed E-state index contributed by atoms with van der Waals surface area (Å²) in [5.74, 6) is -0.757. The fourth-order valence-corrected chi connectivity index (χ4v) is 0.997. The fraction of sp³-hybridized carbons (Fsp3) is 0.667. The highest BCUT2D eigenvalue weighted by molar-refractivity contribution is 5.69. The van der Waals surface area contributed by atoms with Gasteiger partial charge >= 0.3 is 5.97 Å². The Morgan fingerprint density at radius 3 is 2.67 bits per heavy atom. The standard InChI is InChI=1S/C9H17NO2/c1-3-5-7-10(6-4-2)8-9(11)12/h3,5H,4,6-8H2,1-2H3,(H,11,12)/b5-3+. The molecule has 0 rings (SSSR count). The minimum atomic E-state index is -0.757. The summed E-state index contributed by atoms with van der Waals surface area (Å²) in [5, 5.41) is 8.54. The predicted octanol–water partition coefficient (Wildman–Crippen LogP) is 1.36. The van der Waals surface area contributed by atoms with E-state index in [0.29, 0.717) is 0 Å². The normalized spacial score (nSPS) is 11.2. The molecule has 0 heterocycles. The molecule has 70 valence electrons. The van der Waals surface area contributed by atoms with Crippen molar-refractivity contribution in [1.29, 1.82) is 0 Å². The van der Waals surface area contributed by atoms with Crippen LogP contribution in [-0.4, -0.2) is 35.6 Å². The number of nitrogens with zero attached hydrogens (tertiary/aromatic N) is 1. The molecule has 0 atom stereocenters. The Kier molecular flexibility index (Phi) is 6.38. The summed E-state index contributed by atoms with van der Waals surface area (Å²) in [5.41, 5.74) is 0. The molecule has 0 radical (unpaired) electrons. The molecule has 0 unspecified atom stereocenters. The van der Waals surface area contributed by atoms with Crippen molar-refractivity contribution in [3.63, 3.8) is 0 Å². The van der Waals surface area contributed by atoms with E-state index in [4.69, 9.17) is 5.11 Å². The molecule has 0 saturated carbocycles. The van der Waals surface area contributed by atoms with E-state index < -0.39 is 5.97 Å². The minimum Gasteiger partial charge on any atom is -0.480 e. The second kappa shape index (κ2) is 6.85. The van der Waals surface area contributed by atoms with Gasteiger partial charge in [0.25, 0.3) is 0 Å². The van der Waals surface area contributed by atoms with Crippen molar-refractivity contribution in [2.45, 2.75) is 20.3 Å². The van der Waals surface area contributed by atoms with Crippen LogP contribution in [0.3, 0.4) is 0 Å². The second-order valence-corrected chi connectivity index (χ2v) is 2.70. The highest BCUT2D eigenvalue weighted by atomic mass is 16.4. The third-order valence-electron chi connectivity index (χ3n) is 1.50. The van der Waals surface area contributed by atoms with Gasteiger partial charge < -0.3 is 5.11 Å². The Morgan fingerprint density at radius 1 is 1.58 bits per heavy atom. The molecule has 0 aliphatic carbocycles. The SMILES string of the molecule is C/C=C/CN(CCC)CC(=O)O. The van der Waals surface area contributed by atoms with Crippen molar-refractivity contribution < 1.29 is 9.90 Å². The molecule has 0 fully saturated rings. The van der Waals surface area contributed by atoms with Gasteiger partial charge in [-0.1, -0.05) is 19.1 Å². The number of hydrogen-bond acceptors (Lipinski definition) is 2. The maximum atomic E-state index is 10.4. The Bertz CT molecular complexity index is 155. The quantitative estimate of drug-likeness (QED) is 0.613. The van der Waals surface area contributed by atoms with Crippen LogP contribution in [0.4, 0.5) is 0 Å². The lowest BCUT2D eigenvalue weighted by atomic mass is 10.3. The summed E-state index contributed by atoms with van der Waals surface area (Å²) in [7, 11) is 0. The van der Waals surface area contributed by atoms with Crippen LogP contribution in [0.2, 0.25) is 0 Å². The molecule has 0 spiro atoms. The Labute approximate surface area is 73.7 Å². The van der Waals surface area contributed by atoms with Crippen LogP contribution < -0.4 is 0 Å². The van der Waals surface area contributed by atoms with Crippen LogP contribution in [0.15, 0.2) is 12.2 Å². The van der Waals surface area contributed by atoms with Crippen LogP contribution in [0, 0.1) is 0 Å². The molecule has 0 amide bonds. The van der Waals surface area contributed by atoms with Crippen molar-refractivity contribution in [2.24, 2.45) is 0 Å². The monoisotopic (exact) mass is 171 g/mol. The van der Waals surface area contributed by atoms with E-state index in [1.807, 2.05) is 30.9 Å². The van der Waals surface area contributed by atoms with Gasteiger partial charge in [-0.25, -0.2) is 0 Å². The third-order valence-corrected chi connectivity index (χ3v) is 1.50. The average Bonchev–Trinajstić information content (AvgIpc) is 2.00. The highest BCUT2D eigenvalue weighted by Gasteiger charge is 2.05. The summed E-state index contributed by atoms with van der Waals surface area (Å²) in [6.45, 7) is 5.70. The number of carboxylic acids is 1. The first-order chi connectivity index (χ1) is 5.70. The van der Waals surface area contributed by atoms with Gasteiger partial charge in [0.2, 0.25) is 0 Å². The van der Waals surface area contributed by atoms with Gasteiger partial charge in [0.1, 0.15) is 0 Å². The van der Waals surface area contributed by atoms with E-state index in [1.54, 1.807) is 0 Å². The summed E-state index contributed by atoms with van der Waals surface area (Å²) in [6.07, 6.45) is 4.90. The van der Waals surface area contributed by atoms with E-state index in [9.17, 15) is 4.79 Å². The molecule has 12 heavy (non-hydrogen) atoms. The number of carbonyl (C=O) groups is 1. The van der Waals surface area contributed by atoms with E-state index >= 15 is 0 Å². The summed E-state index contributed by atoms with van der Waals surface area (Å²) >= 11 is 0. The zero-order valence-corrected chi connectivity index (χ0v) is 7.79. The van der Waals surface area contributed by atoms with Gasteiger partial charge in [-0.3, -0.25) is 9.69 Å². The minimum absolute atomic E-state index is 0.137. The number of carboxylic acid groups (broad SMARTS) is 1. The molecule has 0 aromatic carbocycles. The maximum Gasteiger partial charge on any atom is 0.317 e. The van der Waals surface area contributed by atoms with E-state index in [0.717, 1.165) is 19.5 Å². The Morgan fingerprint density at radius 2 is 2.25 bits per heavy atom. The lowest BCUT2D eigenvalue weighted by Crippen LogP contribution is -2.30. The van der Waals surface area contributed by atoms with Crippen molar-refractivity contribution >= 4 is 5.97 Å². The number of aliphatic carboxylic acids is 1. The molecule has 0 bridgehead atoms. The molecular formula is C9H17NO2. The highest BCUT2D eigenvalue weighted by Crippen LogP contribution is 1.91. The fourth-order valence-electron chi connectivity index (χ4n) is 0.997. The molecule has 0 aliphatic rings. The topological polar surface area (TPSA) is 40.5 Å². The van der Waals surface area contributed by atoms with Crippen molar-refractivity contribution in [2.75, 3.05) is 19.6 Å². The van der Waals surface area contributed by atoms with Gasteiger partial charge in [0.05, 0.1) is 6.54 Å². The Balaban J connectivity index is 3.76. The summed E-state index contributed by atoms with van der Waals surface area (Å²) in [4.78, 5) is 12.3. The van der Waals surface area contributed by atoms with Gasteiger partial charge in [-0.05, 0) is 19.9 Å². The number of rotatable bonds is 6. The summed E-state index contributed by atoms with van der Waals surface area (Å²) in [6, 6.07) is 0. The molecule has 1 N–H and O–H groups in total. The van der Waals surface area contributed by atoms with Gasteiger partial charge in [0.15, 0.2) is 0 Å². The second-order valence-electron chi connectivity index (χ2n) is 2.70. The smallest absolute Gasteiger partial charge is 0.317 e. The first-order valence-corrected chi connectivity index (χ1v) is 4.26. The Hall–Kier alpha value is -0.830. The zero-order valence-electron chi connectivity index (χ0n) is 7.79. The first-order valence-electron chi connectivity index (χ1n) is 4.26. The number of hydrogen-bond donors (Lipinski definition) is 1. The molecule has 0 saturated heterocycles. The van der Waals surface area contributed by atoms with Crippen LogP contribution >= 0.6 is 0 Å². The zero-order chi connectivity index (χ0) is 9.40. The lowest BCUT2D eigenvalue weighted by molar-refractivity contribution is -0.138. The van der Waals surface area contributed by atoms with E-state index in [1.165, 1.54) is 0 Å². The average molecular weight is 171 g/mol. The largest absolute Gasteiger partial charge is 0.480 e. The predicted molar refractivity (Wildman–Crippen MR) is 49.2 cm³/mol. The molecular weight excluding hydrogens is 154 g/mol. The molecule has 3 heteroatoms. The molecule has 0 aliphatic heterocycles. The number of allylic oxidation sites excluding steroid dienone is 1. The molecule has 0 aromatic heterocycles. The van der Waals surface area contributed by atoms with Crippen LogP contribution in [-0.2, 0) is 4.79 Å². The maximum absolute atomic E-state index is 10.4. The van der Waals surface area contributed by atoms with Crippen LogP contribution in [0.1, 0.15) is 20.3 Å². The van der Waals surface area contributed by atoms with Gasteiger partial charge in [0, 0.05) is 6.54 Å². The van der Waals surface area contributed by atoms with E-state index in [-0.39, 0.29) is 6.54 Å². The van der Waals surface area contributed by atoms with Gasteiger partial charge in [-0.2, -0.15) is 0 Å². The third kappa shape index (κ3) is 5.92. The van der Waals surface area contributed by atoms with Crippen LogP contribution in [0.25, 0.3) is 0 Å². The lowest BCUT2D eigenvalue weighted by Gasteiger charge is -2.16. The van der Waals surface area contributed by atoms with E-state index in [2.05, 4.69) is 0 Å². The van der Waals surface area contributed by atoms with Crippen molar-refractivity contribution in [1.82, 2.24) is 4.90 Å². The van der Waals surface area contributed by atoms with Crippen molar-refractivity contribution in [3.8, 4) is 0 Å². The summed E-state index contributed by atoms with van der Waals surface area (Å²) < 4.78 is 0. The molecule has 0 aromatic rings. The van der Waals surface area contributed by atoms with Gasteiger partial charge in [-0.15, -0.1) is 0 Å². The van der Waals surface area contributed by atoms with Crippen LogP contribution in [0.5, 0.6) is 0 Å². The molecule has 3 nitrogen and oxygen atoms in total. The van der Waals surface area contributed by atoms with Crippen molar-refractivity contribution in [3.05, 3.63) is 12.2 Å².